The van der Waals surface area contributed by atoms with Gasteiger partial charge < -0.3 is 9.47 Å². The fourth-order valence-corrected chi connectivity index (χ4v) is 3.92. The maximum absolute atomic E-state index is 12.0. The van der Waals surface area contributed by atoms with Gasteiger partial charge in [0.2, 0.25) is 0 Å². The summed E-state index contributed by atoms with van der Waals surface area (Å²) in [6.45, 7) is 3.70. The second-order valence-corrected chi connectivity index (χ2v) is 9.24. The van der Waals surface area contributed by atoms with E-state index in [0.717, 1.165) is 25.6 Å². The maximum atomic E-state index is 12.0. The molecule has 3 rings (SSSR count). The molecule has 0 aliphatic rings. The number of carbonyl (C=O) groups is 2. The van der Waals surface area contributed by atoms with Crippen molar-refractivity contribution in [3.8, 4) is 22.6 Å². The third-order valence-corrected chi connectivity index (χ3v) is 5.96. The van der Waals surface area contributed by atoms with Crippen LogP contribution in [-0.4, -0.2) is 25.0 Å². The molecule has 0 unspecified atom stereocenters. The van der Waals surface area contributed by atoms with E-state index in [1.54, 1.807) is 12.1 Å². The molecule has 8 heteroatoms. The normalized spacial score (nSPS) is 10.6. The molecule has 0 saturated carbocycles. The van der Waals surface area contributed by atoms with E-state index in [0.29, 0.717) is 17.4 Å². The zero-order valence-electron chi connectivity index (χ0n) is 18.2. The van der Waals surface area contributed by atoms with E-state index in [-0.39, 0.29) is 13.2 Å². The van der Waals surface area contributed by atoms with Gasteiger partial charge in [-0.3, -0.25) is 20.4 Å². The summed E-state index contributed by atoms with van der Waals surface area (Å²) in [4.78, 5) is 24.0. The number of halogens is 2. The first-order chi connectivity index (χ1) is 15.8. The molecule has 0 aliphatic carbocycles. The molecule has 2 amide bonds. The Morgan fingerprint density at radius 2 is 1.30 bits per heavy atom. The van der Waals surface area contributed by atoms with Gasteiger partial charge in [-0.1, -0.05) is 56.3 Å². The van der Waals surface area contributed by atoms with Crippen molar-refractivity contribution in [2.24, 2.45) is 0 Å². The van der Waals surface area contributed by atoms with Crippen LogP contribution in [0, 0.1) is 0 Å². The van der Waals surface area contributed by atoms with Gasteiger partial charge in [-0.05, 0) is 78.7 Å². The van der Waals surface area contributed by atoms with Gasteiger partial charge in [0.15, 0.2) is 13.2 Å². The predicted molar refractivity (Wildman–Crippen MR) is 135 cm³/mol. The van der Waals surface area contributed by atoms with E-state index < -0.39 is 11.8 Å². The summed E-state index contributed by atoms with van der Waals surface area (Å²) < 4.78 is 12.6. The van der Waals surface area contributed by atoms with Gasteiger partial charge in [-0.2, -0.15) is 0 Å². The molecule has 0 aromatic heterocycles. The number of benzene rings is 3. The van der Waals surface area contributed by atoms with E-state index in [2.05, 4.69) is 56.6 Å². The lowest BCUT2D eigenvalue weighted by Crippen LogP contribution is -2.45. The topological polar surface area (TPSA) is 76.7 Å². The van der Waals surface area contributed by atoms with Crippen molar-refractivity contribution in [1.82, 2.24) is 10.9 Å². The number of ether oxygens (including phenoxy) is 2. The highest BCUT2D eigenvalue weighted by Crippen LogP contribution is 2.31. The highest BCUT2D eigenvalue weighted by atomic mass is 79.9. The second kappa shape index (κ2) is 11.9. The molecule has 3 aromatic rings. The Morgan fingerprint density at radius 1 is 0.758 bits per heavy atom. The molecule has 0 bridgehead atoms. The Morgan fingerprint density at radius 3 is 1.82 bits per heavy atom. The largest absolute Gasteiger partial charge is 0.483 e. The van der Waals surface area contributed by atoms with Crippen molar-refractivity contribution < 1.29 is 19.1 Å². The van der Waals surface area contributed by atoms with Crippen molar-refractivity contribution in [1.29, 1.82) is 0 Å². The molecule has 2 N–H and O–H groups in total. The predicted octanol–water partition coefficient (Wildman–Crippen LogP) is 5.61. The van der Waals surface area contributed by atoms with E-state index in [9.17, 15) is 9.59 Å². The first kappa shape index (κ1) is 24.8. The third kappa shape index (κ3) is 7.33. The zero-order chi connectivity index (χ0) is 23.8. The monoisotopic (exact) mass is 574 g/mol. The SMILES string of the molecule is CC(C)c1ccc(OCC(=O)NNC(=O)COc2ccc(-c3ccccc3)cc2Br)c(Br)c1. The Labute approximate surface area is 209 Å². The number of rotatable bonds is 8. The summed E-state index contributed by atoms with van der Waals surface area (Å²) in [6, 6.07) is 21.3. The highest BCUT2D eigenvalue weighted by Gasteiger charge is 2.11. The van der Waals surface area contributed by atoms with E-state index >= 15 is 0 Å². The smallest absolute Gasteiger partial charge is 0.276 e. The molecule has 0 spiro atoms. The van der Waals surface area contributed by atoms with Gasteiger partial charge in [-0.25, -0.2) is 0 Å². The van der Waals surface area contributed by atoms with Gasteiger partial charge in [0, 0.05) is 0 Å². The average Bonchev–Trinajstić information content (AvgIpc) is 2.81. The van der Waals surface area contributed by atoms with Crippen LogP contribution >= 0.6 is 31.9 Å². The molecule has 33 heavy (non-hydrogen) atoms. The van der Waals surface area contributed by atoms with Gasteiger partial charge >= 0.3 is 0 Å². The quantitative estimate of drug-likeness (QED) is 0.342. The molecule has 0 fully saturated rings. The number of hydrogen-bond acceptors (Lipinski definition) is 4. The van der Waals surface area contributed by atoms with Gasteiger partial charge in [0.1, 0.15) is 11.5 Å². The van der Waals surface area contributed by atoms with Crippen LogP contribution in [0.1, 0.15) is 25.3 Å². The third-order valence-electron chi connectivity index (χ3n) is 4.72. The standard InChI is InChI=1S/C25H24Br2N2O4/c1-16(2)18-8-10-22(20(26)12-18)32-14-24(30)28-29-25(31)15-33-23-11-9-19(13-21(23)27)17-6-4-3-5-7-17/h3-13,16H,14-15H2,1-2H3,(H,28,30)(H,29,31). The Bertz CT molecular complexity index is 1120. The van der Waals surface area contributed by atoms with E-state index in [4.69, 9.17) is 9.47 Å². The number of hydrazine groups is 1. The van der Waals surface area contributed by atoms with Crippen LogP contribution in [-0.2, 0) is 9.59 Å². The molecule has 0 saturated heterocycles. The van der Waals surface area contributed by atoms with Crippen LogP contribution < -0.4 is 20.3 Å². The van der Waals surface area contributed by atoms with Crippen molar-refractivity contribution in [3.05, 3.63) is 81.2 Å². The summed E-state index contributed by atoms with van der Waals surface area (Å²) >= 11 is 6.92. The van der Waals surface area contributed by atoms with Crippen LogP contribution in [0.5, 0.6) is 11.5 Å². The first-order valence-electron chi connectivity index (χ1n) is 10.3. The van der Waals surface area contributed by atoms with Gasteiger partial charge in [-0.15, -0.1) is 0 Å². The fourth-order valence-electron chi connectivity index (χ4n) is 2.92. The second-order valence-electron chi connectivity index (χ2n) is 7.53. The summed E-state index contributed by atoms with van der Waals surface area (Å²) in [5, 5.41) is 0. The summed E-state index contributed by atoms with van der Waals surface area (Å²) in [5.41, 5.74) is 7.89. The first-order valence-corrected chi connectivity index (χ1v) is 11.9. The van der Waals surface area contributed by atoms with Crippen LogP contribution in [0.15, 0.2) is 75.7 Å². The maximum Gasteiger partial charge on any atom is 0.276 e. The van der Waals surface area contributed by atoms with Crippen molar-refractivity contribution in [2.75, 3.05) is 13.2 Å². The molecule has 3 aromatic carbocycles. The number of hydrogen-bond donors (Lipinski definition) is 2. The summed E-state index contributed by atoms with van der Waals surface area (Å²) in [6.07, 6.45) is 0. The lowest BCUT2D eigenvalue weighted by molar-refractivity contribution is -0.131. The Kier molecular flexibility index (Phi) is 8.91. The molecule has 0 aliphatic heterocycles. The van der Waals surface area contributed by atoms with Crippen molar-refractivity contribution >= 4 is 43.7 Å². The molecule has 6 nitrogen and oxygen atoms in total. The molecular weight excluding hydrogens is 552 g/mol. The van der Waals surface area contributed by atoms with Crippen LogP contribution in [0.3, 0.4) is 0 Å². The van der Waals surface area contributed by atoms with Crippen molar-refractivity contribution in [2.45, 2.75) is 19.8 Å². The molecule has 0 heterocycles. The van der Waals surface area contributed by atoms with Crippen LogP contribution in [0.25, 0.3) is 11.1 Å². The summed E-state index contributed by atoms with van der Waals surface area (Å²) in [5.74, 6) is 0.474. The number of amides is 2. The Hall–Kier alpha value is -2.84. The van der Waals surface area contributed by atoms with Crippen LogP contribution in [0.2, 0.25) is 0 Å². The highest BCUT2D eigenvalue weighted by molar-refractivity contribution is 9.10. The fraction of sp³-hybridized carbons (Fsp3) is 0.200. The minimum atomic E-state index is -0.496. The van der Waals surface area contributed by atoms with Gasteiger partial charge in [0.25, 0.3) is 11.8 Å². The molecule has 0 atom stereocenters. The lowest BCUT2D eigenvalue weighted by Gasteiger charge is -2.13. The van der Waals surface area contributed by atoms with Gasteiger partial charge in [0.05, 0.1) is 8.95 Å². The minimum absolute atomic E-state index is 0.243. The summed E-state index contributed by atoms with van der Waals surface area (Å²) in [7, 11) is 0. The van der Waals surface area contributed by atoms with E-state index in [1.165, 1.54) is 0 Å². The van der Waals surface area contributed by atoms with Crippen molar-refractivity contribution in [3.63, 3.8) is 0 Å². The minimum Gasteiger partial charge on any atom is -0.483 e. The molecule has 172 valence electrons. The Balaban J connectivity index is 1.42. The number of nitrogens with one attached hydrogen (secondary N) is 2. The number of carbonyl (C=O) groups excluding carboxylic acids is 2. The average molecular weight is 576 g/mol. The van der Waals surface area contributed by atoms with E-state index in [1.807, 2.05) is 54.6 Å². The molecule has 0 radical (unpaired) electrons. The molecular formula is C25H24Br2N2O4. The van der Waals surface area contributed by atoms with Crippen LogP contribution in [0.4, 0.5) is 0 Å². The zero-order valence-corrected chi connectivity index (χ0v) is 21.4. The lowest BCUT2D eigenvalue weighted by atomic mass is 10.0.